The summed E-state index contributed by atoms with van der Waals surface area (Å²) >= 11 is 0. The smallest absolute Gasteiger partial charge is 0.144 e. The van der Waals surface area contributed by atoms with Crippen molar-refractivity contribution in [3.05, 3.63) is 53.5 Å². The molecule has 1 aliphatic rings. The van der Waals surface area contributed by atoms with Gasteiger partial charge in [-0.2, -0.15) is 0 Å². The number of hydrogen-bond donors (Lipinski definition) is 2. The molecule has 92 valence electrons. The Labute approximate surface area is 106 Å². The molecular weight excluding hydrogens is 224 g/mol. The molecule has 0 unspecified atom stereocenters. The van der Waals surface area contributed by atoms with Crippen molar-refractivity contribution in [2.45, 2.75) is 25.4 Å². The summed E-state index contributed by atoms with van der Waals surface area (Å²) in [6, 6.07) is 8.99. The molecule has 0 saturated heterocycles. The average molecular weight is 240 g/mol. The highest BCUT2D eigenvalue weighted by molar-refractivity contribution is 5.40. The number of hydrogen-bond acceptors (Lipinski definition) is 4. The molecule has 1 aromatic heterocycles. The van der Waals surface area contributed by atoms with Crippen molar-refractivity contribution >= 4 is 5.82 Å². The molecule has 0 spiro atoms. The monoisotopic (exact) mass is 240 g/mol. The fourth-order valence-corrected chi connectivity index (χ4v) is 2.40. The van der Waals surface area contributed by atoms with Crippen molar-refractivity contribution in [1.82, 2.24) is 9.97 Å². The van der Waals surface area contributed by atoms with Gasteiger partial charge in [-0.15, -0.1) is 0 Å². The number of anilines is 1. The summed E-state index contributed by atoms with van der Waals surface area (Å²) in [5.74, 6) is 0.824. The number of nitrogens with one attached hydrogen (secondary N) is 1. The first-order valence-electron chi connectivity index (χ1n) is 6.19. The zero-order valence-corrected chi connectivity index (χ0v) is 10.1. The van der Waals surface area contributed by atoms with Crippen LogP contribution in [0.1, 0.15) is 16.8 Å². The van der Waals surface area contributed by atoms with E-state index in [9.17, 15) is 0 Å². The molecule has 0 amide bonds. The molecule has 0 aliphatic heterocycles. The van der Waals surface area contributed by atoms with Gasteiger partial charge < -0.3 is 11.1 Å². The molecule has 18 heavy (non-hydrogen) atoms. The Morgan fingerprint density at radius 1 is 1.11 bits per heavy atom. The number of nitrogens with two attached hydrogens (primary N) is 1. The van der Waals surface area contributed by atoms with Crippen LogP contribution in [0.5, 0.6) is 0 Å². The number of aromatic nitrogens is 2. The van der Waals surface area contributed by atoms with Crippen LogP contribution in [0, 0.1) is 0 Å². The number of rotatable bonds is 3. The molecular formula is C14H16N4. The van der Waals surface area contributed by atoms with Crippen molar-refractivity contribution in [2.24, 2.45) is 5.73 Å². The predicted octanol–water partition coefficient (Wildman–Crippen LogP) is 1.51. The number of fused-ring (bicyclic) bond motifs is 1. The maximum atomic E-state index is 5.50. The molecule has 0 bridgehead atoms. The molecule has 1 aliphatic carbocycles. The summed E-state index contributed by atoms with van der Waals surface area (Å²) in [6.45, 7) is 0.433. The van der Waals surface area contributed by atoms with E-state index in [1.54, 1.807) is 12.4 Å². The number of benzene rings is 1. The van der Waals surface area contributed by atoms with E-state index in [0.717, 1.165) is 24.4 Å². The van der Waals surface area contributed by atoms with Crippen molar-refractivity contribution < 1.29 is 0 Å². The van der Waals surface area contributed by atoms with Gasteiger partial charge >= 0.3 is 0 Å². The van der Waals surface area contributed by atoms with Gasteiger partial charge in [0.25, 0.3) is 0 Å². The van der Waals surface area contributed by atoms with Gasteiger partial charge in [0.05, 0.1) is 18.1 Å². The molecule has 3 rings (SSSR count). The average Bonchev–Trinajstić information content (AvgIpc) is 2.82. The van der Waals surface area contributed by atoms with Crippen LogP contribution in [0.2, 0.25) is 0 Å². The minimum atomic E-state index is 0.417. The van der Waals surface area contributed by atoms with Crippen LogP contribution in [0.25, 0.3) is 0 Å². The topological polar surface area (TPSA) is 63.8 Å². The molecule has 3 N–H and O–H groups in total. The predicted molar refractivity (Wildman–Crippen MR) is 71.2 cm³/mol. The quantitative estimate of drug-likeness (QED) is 0.853. The largest absolute Gasteiger partial charge is 0.365 e. The van der Waals surface area contributed by atoms with E-state index >= 15 is 0 Å². The van der Waals surface area contributed by atoms with Gasteiger partial charge in [-0.3, -0.25) is 4.98 Å². The van der Waals surface area contributed by atoms with Crippen molar-refractivity contribution in [3.63, 3.8) is 0 Å². The van der Waals surface area contributed by atoms with E-state index in [1.807, 2.05) is 0 Å². The third-order valence-electron chi connectivity index (χ3n) is 3.32. The molecule has 0 saturated carbocycles. The molecule has 0 radical (unpaired) electrons. The van der Waals surface area contributed by atoms with Gasteiger partial charge in [-0.1, -0.05) is 24.3 Å². The van der Waals surface area contributed by atoms with Gasteiger partial charge in [0.2, 0.25) is 0 Å². The maximum Gasteiger partial charge on any atom is 0.144 e. The molecule has 1 heterocycles. The molecule has 0 atom stereocenters. The summed E-state index contributed by atoms with van der Waals surface area (Å²) in [6.07, 6.45) is 5.59. The van der Waals surface area contributed by atoms with E-state index in [2.05, 4.69) is 39.6 Å². The fraction of sp³-hybridized carbons (Fsp3) is 0.286. The molecule has 0 fully saturated rings. The van der Waals surface area contributed by atoms with Crippen LogP contribution in [0.3, 0.4) is 0 Å². The Kier molecular flexibility index (Phi) is 2.94. The second-order valence-corrected chi connectivity index (χ2v) is 4.62. The van der Waals surface area contributed by atoms with Gasteiger partial charge in [0.15, 0.2) is 0 Å². The SMILES string of the molecule is NCc1cnc(NC2Cc3ccccc3C2)cn1. The second-order valence-electron chi connectivity index (χ2n) is 4.62. The van der Waals surface area contributed by atoms with Gasteiger partial charge in [-0.05, 0) is 24.0 Å². The first-order valence-corrected chi connectivity index (χ1v) is 6.19. The normalized spacial score (nSPS) is 14.5. The van der Waals surface area contributed by atoms with Crippen LogP contribution < -0.4 is 11.1 Å². The Morgan fingerprint density at radius 3 is 2.39 bits per heavy atom. The van der Waals surface area contributed by atoms with Crippen molar-refractivity contribution in [1.29, 1.82) is 0 Å². The van der Waals surface area contributed by atoms with Gasteiger partial charge in [0, 0.05) is 12.6 Å². The summed E-state index contributed by atoms with van der Waals surface area (Å²) in [5.41, 5.74) is 9.18. The van der Waals surface area contributed by atoms with Crippen LogP contribution in [0.15, 0.2) is 36.7 Å². The van der Waals surface area contributed by atoms with E-state index in [0.29, 0.717) is 12.6 Å². The second kappa shape index (κ2) is 4.74. The minimum Gasteiger partial charge on any atom is -0.365 e. The molecule has 1 aromatic carbocycles. The Bertz CT molecular complexity index is 511. The number of nitrogens with zero attached hydrogens (tertiary/aromatic N) is 2. The van der Waals surface area contributed by atoms with E-state index in [4.69, 9.17) is 5.73 Å². The van der Waals surface area contributed by atoms with Crippen LogP contribution in [-0.4, -0.2) is 16.0 Å². The maximum absolute atomic E-state index is 5.50. The summed E-state index contributed by atoms with van der Waals surface area (Å²) in [7, 11) is 0. The first-order chi connectivity index (χ1) is 8.85. The highest BCUT2D eigenvalue weighted by Gasteiger charge is 2.20. The Balaban J connectivity index is 1.68. The highest BCUT2D eigenvalue weighted by Crippen LogP contribution is 2.23. The fourth-order valence-electron chi connectivity index (χ4n) is 2.40. The van der Waals surface area contributed by atoms with Crippen molar-refractivity contribution in [3.8, 4) is 0 Å². The van der Waals surface area contributed by atoms with Gasteiger partial charge in [-0.25, -0.2) is 4.98 Å². The van der Waals surface area contributed by atoms with Crippen LogP contribution in [0.4, 0.5) is 5.82 Å². The Morgan fingerprint density at radius 2 is 1.83 bits per heavy atom. The minimum absolute atomic E-state index is 0.417. The van der Waals surface area contributed by atoms with E-state index in [-0.39, 0.29) is 0 Å². The first kappa shape index (κ1) is 11.2. The third kappa shape index (κ3) is 2.19. The lowest BCUT2D eigenvalue weighted by atomic mass is 10.1. The zero-order chi connectivity index (χ0) is 12.4. The van der Waals surface area contributed by atoms with E-state index < -0.39 is 0 Å². The van der Waals surface area contributed by atoms with E-state index in [1.165, 1.54) is 11.1 Å². The van der Waals surface area contributed by atoms with Crippen LogP contribution in [-0.2, 0) is 19.4 Å². The van der Waals surface area contributed by atoms with Gasteiger partial charge in [0.1, 0.15) is 5.82 Å². The zero-order valence-electron chi connectivity index (χ0n) is 10.1. The Hall–Kier alpha value is -1.94. The highest BCUT2D eigenvalue weighted by atomic mass is 15.0. The molecule has 2 aromatic rings. The lowest BCUT2D eigenvalue weighted by Gasteiger charge is -2.12. The molecule has 4 nitrogen and oxygen atoms in total. The third-order valence-corrected chi connectivity index (χ3v) is 3.32. The summed E-state index contributed by atoms with van der Waals surface area (Å²) < 4.78 is 0. The standard InChI is InChI=1S/C14H16N4/c15-7-13-8-17-14(9-16-13)18-12-5-10-3-1-2-4-11(10)6-12/h1-4,8-9,12H,5-7,15H2,(H,17,18). The van der Waals surface area contributed by atoms with Crippen LogP contribution >= 0.6 is 0 Å². The summed E-state index contributed by atoms with van der Waals surface area (Å²) in [5, 5.41) is 3.42. The van der Waals surface area contributed by atoms with Crippen molar-refractivity contribution in [2.75, 3.05) is 5.32 Å². The molecule has 4 heteroatoms. The lowest BCUT2D eigenvalue weighted by molar-refractivity contribution is 0.766. The summed E-state index contributed by atoms with van der Waals surface area (Å²) in [4.78, 5) is 8.56. The lowest BCUT2D eigenvalue weighted by Crippen LogP contribution is -2.20.